The summed E-state index contributed by atoms with van der Waals surface area (Å²) in [6.45, 7) is 2.51. The van der Waals surface area contributed by atoms with Crippen molar-refractivity contribution in [3.63, 3.8) is 0 Å². The van der Waals surface area contributed by atoms with Crippen LogP contribution in [0.2, 0.25) is 5.02 Å². The molecular weight excluding hydrogens is 508 g/mol. The van der Waals surface area contributed by atoms with Crippen molar-refractivity contribution in [1.29, 1.82) is 5.26 Å². The number of fused-ring (bicyclic) bond motifs is 1. The fourth-order valence-electron chi connectivity index (χ4n) is 5.30. The Kier molecular flexibility index (Phi) is 5.99. The first-order valence-electron chi connectivity index (χ1n) is 12.5. The lowest BCUT2D eigenvalue weighted by molar-refractivity contribution is -0.118. The number of rotatable bonds is 7. The van der Waals surface area contributed by atoms with E-state index in [1.54, 1.807) is 34.1 Å². The molecule has 0 spiro atoms. The first-order chi connectivity index (χ1) is 18.4. The first-order valence-corrected chi connectivity index (χ1v) is 12.9. The van der Waals surface area contributed by atoms with Crippen molar-refractivity contribution in [2.75, 3.05) is 18.6 Å². The summed E-state index contributed by atoms with van der Waals surface area (Å²) in [6, 6.07) is 7.07. The number of methoxy groups -OCH3 is 1. The SMILES string of the molecule is COc1nc([C@H](C)n2cc(C(=O)N[C@H]3C[C@@H](c4cc(Cl)ccc4C#N)C3)nn2)cnc1N1C[C@H]2C[C@H]2C1=O. The maximum Gasteiger partial charge on any atom is 0.273 e. The Morgan fingerprint density at radius 2 is 2.13 bits per heavy atom. The zero-order chi connectivity index (χ0) is 26.6. The molecule has 1 aromatic carbocycles. The van der Waals surface area contributed by atoms with Gasteiger partial charge >= 0.3 is 0 Å². The molecule has 11 nitrogen and oxygen atoms in total. The highest BCUT2D eigenvalue weighted by Crippen LogP contribution is 2.48. The smallest absolute Gasteiger partial charge is 0.273 e. The second kappa shape index (κ2) is 9.36. The summed E-state index contributed by atoms with van der Waals surface area (Å²) < 4.78 is 6.99. The molecule has 3 aliphatic rings. The van der Waals surface area contributed by atoms with Crippen LogP contribution >= 0.6 is 11.6 Å². The number of amides is 2. The normalized spacial score (nSPS) is 24.3. The van der Waals surface area contributed by atoms with E-state index in [4.69, 9.17) is 16.3 Å². The van der Waals surface area contributed by atoms with E-state index >= 15 is 0 Å². The highest BCUT2D eigenvalue weighted by molar-refractivity contribution is 6.30. The Bertz CT molecular complexity index is 1480. The minimum atomic E-state index is -0.373. The van der Waals surface area contributed by atoms with Gasteiger partial charge < -0.3 is 10.1 Å². The van der Waals surface area contributed by atoms with Gasteiger partial charge in [0.05, 0.1) is 42.9 Å². The lowest BCUT2D eigenvalue weighted by Gasteiger charge is -2.36. The van der Waals surface area contributed by atoms with E-state index in [1.807, 2.05) is 13.0 Å². The summed E-state index contributed by atoms with van der Waals surface area (Å²) in [4.78, 5) is 36.0. The number of carbonyl (C=O) groups is 2. The van der Waals surface area contributed by atoms with E-state index in [9.17, 15) is 14.9 Å². The van der Waals surface area contributed by atoms with Gasteiger partial charge in [-0.1, -0.05) is 16.8 Å². The Morgan fingerprint density at radius 1 is 1.32 bits per heavy atom. The molecule has 1 saturated heterocycles. The number of halogens is 1. The van der Waals surface area contributed by atoms with Crippen LogP contribution in [0.4, 0.5) is 5.82 Å². The number of anilines is 1. The highest BCUT2D eigenvalue weighted by atomic mass is 35.5. The third-order valence-corrected chi connectivity index (χ3v) is 7.96. The second-order valence-corrected chi connectivity index (χ2v) is 10.6. The van der Waals surface area contributed by atoms with Gasteiger partial charge in [-0.25, -0.2) is 14.6 Å². The number of nitrogens with zero attached hydrogens (tertiary/aromatic N) is 7. The van der Waals surface area contributed by atoms with Gasteiger partial charge in [-0.15, -0.1) is 5.10 Å². The zero-order valence-corrected chi connectivity index (χ0v) is 21.6. The van der Waals surface area contributed by atoms with Gasteiger partial charge in [0.15, 0.2) is 11.5 Å². The fourth-order valence-corrected chi connectivity index (χ4v) is 5.48. The number of ether oxygens (including phenoxy) is 1. The quantitative estimate of drug-likeness (QED) is 0.490. The van der Waals surface area contributed by atoms with Gasteiger partial charge in [0.2, 0.25) is 5.91 Å². The lowest BCUT2D eigenvalue weighted by atomic mass is 9.74. The topological polar surface area (TPSA) is 139 Å². The molecular formula is C26H25ClN8O3. The summed E-state index contributed by atoms with van der Waals surface area (Å²) in [5, 5.41) is 21.1. The number of piperidine rings is 1. The van der Waals surface area contributed by atoms with Crippen molar-refractivity contribution < 1.29 is 14.3 Å². The van der Waals surface area contributed by atoms with Crippen molar-refractivity contribution in [2.45, 2.75) is 44.2 Å². The lowest BCUT2D eigenvalue weighted by Crippen LogP contribution is -2.43. The molecule has 2 saturated carbocycles. The van der Waals surface area contributed by atoms with Gasteiger partial charge in [0.25, 0.3) is 11.8 Å². The second-order valence-electron chi connectivity index (χ2n) is 10.1. The summed E-state index contributed by atoms with van der Waals surface area (Å²) in [5.74, 6) is 1.15. The van der Waals surface area contributed by atoms with Crippen LogP contribution in [0.3, 0.4) is 0 Å². The minimum absolute atomic E-state index is 0.0254. The molecule has 2 amide bonds. The minimum Gasteiger partial charge on any atom is -0.478 e. The van der Waals surface area contributed by atoms with Gasteiger partial charge in [-0.3, -0.25) is 14.5 Å². The van der Waals surface area contributed by atoms with Crippen LogP contribution < -0.4 is 15.0 Å². The first kappa shape index (κ1) is 24.3. The van der Waals surface area contributed by atoms with Crippen LogP contribution in [-0.2, 0) is 4.79 Å². The summed E-state index contributed by atoms with van der Waals surface area (Å²) in [5.41, 5.74) is 2.28. The third-order valence-electron chi connectivity index (χ3n) is 7.73. The Morgan fingerprint density at radius 3 is 2.84 bits per heavy atom. The van der Waals surface area contributed by atoms with Crippen LogP contribution in [-0.4, -0.2) is 56.5 Å². The molecule has 3 atom stereocenters. The Labute approximate surface area is 223 Å². The van der Waals surface area contributed by atoms with Gasteiger partial charge in [0, 0.05) is 23.5 Å². The summed E-state index contributed by atoms with van der Waals surface area (Å²) in [6.07, 6.45) is 5.55. The Balaban J connectivity index is 1.09. The number of nitrogens with one attached hydrogen (secondary N) is 1. The van der Waals surface area contributed by atoms with Crippen LogP contribution in [0.15, 0.2) is 30.6 Å². The summed E-state index contributed by atoms with van der Waals surface area (Å²) in [7, 11) is 1.50. The number of nitriles is 1. The van der Waals surface area contributed by atoms with Gasteiger partial charge in [-0.2, -0.15) is 5.26 Å². The average Bonchev–Trinajstić information content (AvgIpc) is 3.36. The largest absolute Gasteiger partial charge is 0.478 e. The number of hydrogen-bond donors (Lipinski definition) is 1. The summed E-state index contributed by atoms with van der Waals surface area (Å²) >= 11 is 6.11. The van der Waals surface area contributed by atoms with Crippen LogP contribution in [0.25, 0.3) is 0 Å². The van der Waals surface area contributed by atoms with E-state index < -0.39 is 0 Å². The van der Waals surface area contributed by atoms with Gasteiger partial charge in [-0.05, 0) is 61.8 Å². The zero-order valence-electron chi connectivity index (χ0n) is 20.8. The monoisotopic (exact) mass is 532 g/mol. The predicted molar refractivity (Wildman–Crippen MR) is 136 cm³/mol. The molecule has 3 aromatic rings. The molecule has 1 N–H and O–H groups in total. The number of carbonyl (C=O) groups excluding carboxylic acids is 2. The van der Waals surface area contributed by atoms with Gasteiger partial charge in [0.1, 0.15) is 0 Å². The van der Waals surface area contributed by atoms with Crippen molar-refractivity contribution >= 4 is 29.2 Å². The van der Waals surface area contributed by atoms with Crippen molar-refractivity contribution in [1.82, 2.24) is 30.3 Å². The van der Waals surface area contributed by atoms with E-state index in [2.05, 4.69) is 31.7 Å². The molecule has 6 rings (SSSR count). The van der Waals surface area contributed by atoms with Crippen molar-refractivity contribution in [3.8, 4) is 11.9 Å². The number of aromatic nitrogens is 5. The fraction of sp³-hybridized carbons (Fsp3) is 0.423. The molecule has 0 bridgehead atoms. The van der Waals surface area contributed by atoms with Crippen LogP contribution in [0.1, 0.15) is 65.5 Å². The van der Waals surface area contributed by atoms with Crippen molar-refractivity contribution in [3.05, 3.63) is 58.1 Å². The molecule has 2 aromatic heterocycles. The van der Waals surface area contributed by atoms with E-state index in [0.717, 1.165) is 12.0 Å². The molecule has 3 heterocycles. The average molecular weight is 533 g/mol. The maximum absolute atomic E-state index is 12.8. The van der Waals surface area contributed by atoms with Crippen LogP contribution in [0, 0.1) is 23.2 Å². The number of benzene rings is 1. The van der Waals surface area contributed by atoms with Crippen LogP contribution in [0.5, 0.6) is 5.88 Å². The highest BCUT2D eigenvalue weighted by Gasteiger charge is 2.53. The molecule has 1 aliphatic heterocycles. The molecule has 12 heteroatoms. The van der Waals surface area contributed by atoms with E-state index in [0.29, 0.717) is 47.4 Å². The van der Waals surface area contributed by atoms with E-state index in [1.165, 1.54) is 7.11 Å². The number of hydrogen-bond acceptors (Lipinski definition) is 8. The maximum atomic E-state index is 12.8. The predicted octanol–water partition coefficient (Wildman–Crippen LogP) is 2.87. The standard InChI is InChI=1S/C26H25ClN8O3/c1-13(21-10-29-23(25(31-21)38-2)34-11-16-7-20(16)26(34)37)35-12-22(32-33-35)24(36)30-18-5-15(6-18)19-8-17(27)4-3-14(19)9-28/h3-4,8,10,12-13,15-16,18,20H,5-7,11H2,1-2H3,(H,30,36)/t13-,15-,16+,18+,20+/m0/s1. The third kappa shape index (κ3) is 4.24. The molecule has 38 heavy (non-hydrogen) atoms. The molecule has 2 aliphatic carbocycles. The van der Waals surface area contributed by atoms with Crippen molar-refractivity contribution in [2.24, 2.45) is 11.8 Å². The molecule has 3 fully saturated rings. The molecule has 0 radical (unpaired) electrons. The van der Waals surface area contributed by atoms with E-state index in [-0.39, 0.29) is 47.3 Å². The molecule has 194 valence electrons. The molecule has 0 unspecified atom stereocenters. The Hall–Kier alpha value is -4.04.